The number of ketones is 1. The number of H-pyrrole nitrogens is 1. The average molecular weight is 294 g/mol. The molecule has 0 aliphatic rings. The number of hydrogen-bond acceptors (Lipinski definition) is 4. The third kappa shape index (κ3) is 1.98. The number of fused-ring (bicyclic) bond motifs is 1. The summed E-state index contributed by atoms with van der Waals surface area (Å²) in [4.78, 5) is 20.1. The van der Waals surface area contributed by atoms with Crippen molar-refractivity contribution >= 4 is 28.0 Å². The monoisotopic (exact) mass is 294 g/mol. The van der Waals surface area contributed by atoms with Gasteiger partial charge in [0.1, 0.15) is 5.69 Å². The van der Waals surface area contributed by atoms with Gasteiger partial charge in [0.2, 0.25) is 5.78 Å². The Balaban J connectivity index is 1.75. The minimum Gasteiger partial charge on any atom is -0.463 e. The lowest BCUT2D eigenvalue weighted by Gasteiger charge is -1.95. The quantitative estimate of drug-likeness (QED) is 0.578. The molecule has 0 amide bonds. The van der Waals surface area contributed by atoms with E-state index < -0.39 is 0 Å². The van der Waals surface area contributed by atoms with Crippen LogP contribution in [-0.4, -0.2) is 15.8 Å². The predicted octanol–water partition coefficient (Wildman–Crippen LogP) is 4.12. The van der Waals surface area contributed by atoms with E-state index in [9.17, 15) is 4.79 Å². The van der Waals surface area contributed by atoms with E-state index in [1.165, 1.54) is 11.3 Å². The van der Waals surface area contributed by atoms with Crippen molar-refractivity contribution in [3.8, 4) is 11.5 Å². The van der Waals surface area contributed by atoms with Crippen molar-refractivity contribution in [3.05, 3.63) is 64.8 Å². The minimum atomic E-state index is -0.0738. The van der Waals surface area contributed by atoms with Crippen LogP contribution in [0.4, 0.5) is 0 Å². The Labute approximate surface area is 124 Å². The molecule has 5 heteroatoms. The van der Waals surface area contributed by atoms with E-state index in [-0.39, 0.29) is 5.78 Å². The third-order valence-electron chi connectivity index (χ3n) is 3.31. The van der Waals surface area contributed by atoms with Gasteiger partial charge in [0.05, 0.1) is 11.8 Å². The first-order chi connectivity index (χ1) is 10.3. The van der Waals surface area contributed by atoms with Crippen molar-refractivity contribution in [3.63, 3.8) is 0 Å². The average Bonchev–Trinajstić information content (AvgIpc) is 3.25. The Kier molecular flexibility index (Phi) is 2.72. The second-order valence-electron chi connectivity index (χ2n) is 4.59. The summed E-state index contributed by atoms with van der Waals surface area (Å²) in [5.74, 6) is 0.597. The van der Waals surface area contributed by atoms with Crippen LogP contribution < -0.4 is 0 Å². The zero-order valence-electron chi connectivity index (χ0n) is 10.9. The van der Waals surface area contributed by atoms with Crippen LogP contribution in [0.1, 0.15) is 15.4 Å². The molecule has 0 fully saturated rings. The Hall–Kier alpha value is -2.66. The van der Waals surface area contributed by atoms with Gasteiger partial charge in [0, 0.05) is 22.5 Å². The van der Waals surface area contributed by atoms with Gasteiger partial charge < -0.3 is 9.40 Å². The highest BCUT2D eigenvalue weighted by Crippen LogP contribution is 2.26. The smallest absolute Gasteiger partial charge is 0.223 e. The fraction of sp³-hybridized carbons (Fsp3) is 0. The fourth-order valence-electron chi connectivity index (χ4n) is 2.29. The maximum absolute atomic E-state index is 12.6. The first-order valence-corrected chi connectivity index (χ1v) is 7.31. The number of aromatic nitrogens is 2. The van der Waals surface area contributed by atoms with Gasteiger partial charge in [-0.25, -0.2) is 4.98 Å². The molecule has 0 bridgehead atoms. The van der Waals surface area contributed by atoms with Gasteiger partial charge in [0.25, 0.3) is 0 Å². The molecule has 4 aromatic rings. The van der Waals surface area contributed by atoms with Crippen molar-refractivity contribution in [1.29, 1.82) is 0 Å². The maximum Gasteiger partial charge on any atom is 0.223 e. The number of carbonyl (C=O) groups excluding carboxylic acids is 1. The number of nitrogens with one attached hydrogen (secondary N) is 1. The summed E-state index contributed by atoms with van der Waals surface area (Å²) in [6.45, 7) is 0. The molecule has 0 aliphatic carbocycles. The largest absolute Gasteiger partial charge is 0.463 e. The molecule has 102 valence electrons. The summed E-state index contributed by atoms with van der Waals surface area (Å²) in [7, 11) is 0. The molecular formula is C16H10N2O2S. The van der Waals surface area contributed by atoms with Crippen molar-refractivity contribution in [2.24, 2.45) is 0 Å². The third-order valence-corrected chi connectivity index (χ3v) is 4.15. The second kappa shape index (κ2) is 4.71. The SMILES string of the molecule is O=C(c1nc(-c2ccco2)cs1)c1c[nH]c2ccccc12. The topological polar surface area (TPSA) is 58.9 Å². The molecule has 0 unspecified atom stereocenters. The molecule has 0 spiro atoms. The summed E-state index contributed by atoms with van der Waals surface area (Å²) < 4.78 is 5.30. The predicted molar refractivity (Wildman–Crippen MR) is 81.5 cm³/mol. The van der Waals surface area contributed by atoms with Crippen molar-refractivity contribution in [1.82, 2.24) is 9.97 Å². The van der Waals surface area contributed by atoms with Crippen LogP contribution in [0.5, 0.6) is 0 Å². The van der Waals surface area contributed by atoms with Crippen LogP contribution in [0.3, 0.4) is 0 Å². The standard InChI is InChI=1S/C16H10N2O2S/c19-15(11-8-17-12-5-2-1-4-10(11)12)16-18-13(9-21-16)14-6-3-7-20-14/h1-9,17H. The van der Waals surface area contributed by atoms with Gasteiger partial charge in [-0.1, -0.05) is 18.2 Å². The molecule has 4 rings (SSSR count). The summed E-state index contributed by atoms with van der Waals surface area (Å²) in [5, 5.41) is 3.21. The molecule has 21 heavy (non-hydrogen) atoms. The molecule has 3 heterocycles. The summed E-state index contributed by atoms with van der Waals surface area (Å²) in [6.07, 6.45) is 3.33. The molecular weight excluding hydrogens is 284 g/mol. The van der Waals surface area contributed by atoms with E-state index in [1.807, 2.05) is 35.7 Å². The summed E-state index contributed by atoms with van der Waals surface area (Å²) >= 11 is 1.33. The highest BCUT2D eigenvalue weighted by molar-refractivity contribution is 7.12. The lowest BCUT2D eigenvalue weighted by Crippen LogP contribution is -1.99. The number of aromatic amines is 1. The number of furan rings is 1. The Morgan fingerprint density at radius 2 is 2.10 bits per heavy atom. The molecule has 0 aliphatic heterocycles. The summed E-state index contributed by atoms with van der Waals surface area (Å²) in [6, 6.07) is 11.4. The number of thiazole rings is 1. The van der Waals surface area contributed by atoms with Crippen LogP contribution in [0.25, 0.3) is 22.4 Å². The Morgan fingerprint density at radius 1 is 1.19 bits per heavy atom. The van der Waals surface area contributed by atoms with E-state index in [2.05, 4.69) is 9.97 Å². The molecule has 0 saturated carbocycles. The number of hydrogen-bond donors (Lipinski definition) is 1. The number of rotatable bonds is 3. The van der Waals surface area contributed by atoms with E-state index in [4.69, 9.17) is 4.42 Å². The van der Waals surface area contributed by atoms with Gasteiger partial charge in [-0.2, -0.15) is 0 Å². The molecule has 1 aromatic carbocycles. The number of nitrogens with zero attached hydrogens (tertiary/aromatic N) is 1. The van der Waals surface area contributed by atoms with Crippen molar-refractivity contribution < 1.29 is 9.21 Å². The van der Waals surface area contributed by atoms with Gasteiger partial charge >= 0.3 is 0 Å². The molecule has 0 atom stereocenters. The van der Waals surface area contributed by atoms with Crippen molar-refractivity contribution in [2.75, 3.05) is 0 Å². The van der Waals surface area contributed by atoms with E-state index in [0.717, 1.165) is 10.9 Å². The van der Waals surface area contributed by atoms with Crippen LogP contribution in [0.2, 0.25) is 0 Å². The lowest BCUT2D eigenvalue weighted by atomic mass is 10.1. The normalized spacial score (nSPS) is 11.0. The van der Waals surface area contributed by atoms with Crippen LogP contribution >= 0.6 is 11.3 Å². The van der Waals surface area contributed by atoms with Crippen LogP contribution in [0, 0.1) is 0 Å². The van der Waals surface area contributed by atoms with Crippen LogP contribution in [-0.2, 0) is 0 Å². The molecule has 4 nitrogen and oxygen atoms in total. The molecule has 1 N–H and O–H groups in total. The summed E-state index contributed by atoms with van der Waals surface area (Å²) in [5.41, 5.74) is 2.28. The van der Waals surface area contributed by atoms with Crippen molar-refractivity contribution in [2.45, 2.75) is 0 Å². The zero-order chi connectivity index (χ0) is 14.2. The van der Waals surface area contributed by atoms with Gasteiger partial charge in [-0.3, -0.25) is 4.79 Å². The highest BCUT2D eigenvalue weighted by atomic mass is 32.1. The first kappa shape index (κ1) is 12.1. The van der Waals surface area contributed by atoms with Crippen LogP contribution in [0.15, 0.2) is 58.7 Å². The number of carbonyl (C=O) groups is 1. The van der Waals surface area contributed by atoms with E-state index in [1.54, 1.807) is 18.5 Å². The molecule has 0 saturated heterocycles. The first-order valence-electron chi connectivity index (χ1n) is 6.43. The molecule has 3 aromatic heterocycles. The zero-order valence-corrected chi connectivity index (χ0v) is 11.7. The number of para-hydroxylation sites is 1. The maximum atomic E-state index is 12.6. The molecule has 0 radical (unpaired) electrons. The lowest BCUT2D eigenvalue weighted by molar-refractivity contribution is 0.104. The Morgan fingerprint density at radius 3 is 2.95 bits per heavy atom. The van der Waals surface area contributed by atoms with E-state index in [0.29, 0.717) is 22.0 Å². The second-order valence-corrected chi connectivity index (χ2v) is 5.45. The van der Waals surface area contributed by atoms with Gasteiger partial charge in [-0.15, -0.1) is 11.3 Å². The van der Waals surface area contributed by atoms with Gasteiger partial charge in [0.15, 0.2) is 10.8 Å². The number of benzene rings is 1. The fourth-order valence-corrected chi connectivity index (χ4v) is 3.05. The van der Waals surface area contributed by atoms with Gasteiger partial charge in [-0.05, 0) is 18.2 Å². The highest BCUT2D eigenvalue weighted by Gasteiger charge is 2.18. The Bertz CT molecular complexity index is 919. The minimum absolute atomic E-state index is 0.0738. The van der Waals surface area contributed by atoms with E-state index >= 15 is 0 Å².